The van der Waals surface area contributed by atoms with E-state index in [0.29, 0.717) is 35.7 Å². The van der Waals surface area contributed by atoms with Gasteiger partial charge < -0.3 is 21.5 Å². The topological polar surface area (TPSA) is 128 Å². The summed E-state index contributed by atoms with van der Waals surface area (Å²) in [5, 5.41) is 23.6. The highest BCUT2D eigenvalue weighted by atomic mass is 16.4. The summed E-state index contributed by atoms with van der Waals surface area (Å²) in [7, 11) is 0. The number of carbonyl (C=O) groups excluding carboxylic acids is 1. The molecule has 0 heterocycles. The zero-order chi connectivity index (χ0) is 24.8. The van der Waals surface area contributed by atoms with E-state index in [9.17, 15) is 14.7 Å². The van der Waals surface area contributed by atoms with Crippen LogP contribution in [0, 0.1) is 18.3 Å². The summed E-state index contributed by atoms with van der Waals surface area (Å²) < 4.78 is 0. The van der Waals surface area contributed by atoms with Crippen molar-refractivity contribution in [3.63, 3.8) is 0 Å². The lowest BCUT2D eigenvalue weighted by atomic mass is 9.92. The fourth-order valence-corrected chi connectivity index (χ4v) is 3.59. The molecule has 1 amide bonds. The highest BCUT2D eigenvalue weighted by Gasteiger charge is 2.18. The molecule has 7 heteroatoms. The van der Waals surface area contributed by atoms with E-state index in [1.807, 2.05) is 51.1 Å². The Morgan fingerprint density at radius 3 is 2.24 bits per heavy atom. The van der Waals surface area contributed by atoms with Crippen LogP contribution >= 0.6 is 0 Å². The first-order chi connectivity index (χ1) is 16.2. The fourth-order valence-electron chi connectivity index (χ4n) is 3.59. The van der Waals surface area contributed by atoms with Crippen molar-refractivity contribution in [3.05, 3.63) is 88.5 Å². The van der Waals surface area contributed by atoms with E-state index >= 15 is 0 Å². The number of nitrogens with one attached hydrogen (secondary N) is 3. The fraction of sp³-hybridized carbons (Fsp3) is 0.222. The number of benzene rings is 3. The summed E-state index contributed by atoms with van der Waals surface area (Å²) in [6.07, 6.45) is 0. The lowest BCUT2D eigenvalue weighted by Crippen LogP contribution is -2.27. The number of amides is 1. The van der Waals surface area contributed by atoms with Crippen LogP contribution in [-0.2, 0) is 6.54 Å². The summed E-state index contributed by atoms with van der Waals surface area (Å²) in [4.78, 5) is 24.6. The molecule has 0 spiro atoms. The number of aromatic carboxylic acids is 1. The number of amidine groups is 1. The SMILES string of the molecule is Cc1ccc(-c2ccc(C(=O)NCC(C)C)cc2C(=O)O)c(CNc2ccc(C(=N)N)cc2)c1. The molecule has 0 bridgehead atoms. The molecule has 3 aromatic carbocycles. The number of carbonyl (C=O) groups is 2. The van der Waals surface area contributed by atoms with Crippen LogP contribution in [0.3, 0.4) is 0 Å². The molecule has 0 aliphatic rings. The molecule has 34 heavy (non-hydrogen) atoms. The first-order valence-electron chi connectivity index (χ1n) is 11.1. The van der Waals surface area contributed by atoms with Gasteiger partial charge in [0, 0.05) is 29.9 Å². The minimum Gasteiger partial charge on any atom is -0.478 e. The third-order valence-corrected chi connectivity index (χ3v) is 5.41. The van der Waals surface area contributed by atoms with Crippen LogP contribution in [-0.4, -0.2) is 29.4 Å². The molecule has 0 saturated carbocycles. The van der Waals surface area contributed by atoms with E-state index in [1.165, 1.54) is 6.07 Å². The normalized spacial score (nSPS) is 10.7. The van der Waals surface area contributed by atoms with E-state index in [-0.39, 0.29) is 17.3 Å². The molecular weight excluding hydrogens is 428 g/mol. The molecule has 0 fully saturated rings. The summed E-state index contributed by atoms with van der Waals surface area (Å²) >= 11 is 0. The van der Waals surface area contributed by atoms with Crippen molar-refractivity contribution in [1.29, 1.82) is 5.41 Å². The molecule has 0 aliphatic heterocycles. The largest absolute Gasteiger partial charge is 0.478 e. The average molecular weight is 459 g/mol. The van der Waals surface area contributed by atoms with Gasteiger partial charge in [-0.05, 0) is 65.9 Å². The Balaban J connectivity index is 1.92. The molecule has 0 radical (unpaired) electrons. The summed E-state index contributed by atoms with van der Waals surface area (Å²) in [5.74, 6) is -1.08. The number of anilines is 1. The second-order valence-corrected chi connectivity index (χ2v) is 8.67. The second-order valence-electron chi connectivity index (χ2n) is 8.67. The van der Waals surface area contributed by atoms with Gasteiger partial charge in [0.1, 0.15) is 5.84 Å². The molecular formula is C27H30N4O3. The van der Waals surface area contributed by atoms with Crippen LogP contribution < -0.4 is 16.4 Å². The first-order valence-corrected chi connectivity index (χ1v) is 11.1. The van der Waals surface area contributed by atoms with Gasteiger partial charge in [-0.2, -0.15) is 0 Å². The van der Waals surface area contributed by atoms with Crippen molar-refractivity contribution in [2.75, 3.05) is 11.9 Å². The number of carboxylic acids is 1. The molecule has 7 nitrogen and oxygen atoms in total. The molecule has 3 aromatic rings. The molecule has 176 valence electrons. The highest BCUT2D eigenvalue weighted by molar-refractivity contribution is 6.02. The molecule has 3 rings (SSSR count). The highest BCUT2D eigenvalue weighted by Crippen LogP contribution is 2.30. The van der Waals surface area contributed by atoms with E-state index < -0.39 is 5.97 Å². The van der Waals surface area contributed by atoms with E-state index in [0.717, 1.165) is 22.4 Å². The second kappa shape index (κ2) is 10.7. The van der Waals surface area contributed by atoms with Crippen LogP contribution in [0.15, 0.2) is 60.7 Å². The number of aryl methyl sites for hydroxylation is 1. The minimum atomic E-state index is -1.09. The van der Waals surface area contributed by atoms with Crippen LogP contribution in [0.25, 0.3) is 11.1 Å². The quantitative estimate of drug-likeness (QED) is 0.236. The Morgan fingerprint density at radius 2 is 1.62 bits per heavy atom. The van der Waals surface area contributed by atoms with Crippen molar-refractivity contribution in [2.24, 2.45) is 11.7 Å². The zero-order valence-electron chi connectivity index (χ0n) is 19.6. The Hall–Kier alpha value is -4.13. The monoisotopic (exact) mass is 458 g/mol. The van der Waals surface area contributed by atoms with Gasteiger partial charge in [0.25, 0.3) is 5.91 Å². The third kappa shape index (κ3) is 6.01. The van der Waals surface area contributed by atoms with Gasteiger partial charge in [-0.3, -0.25) is 10.2 Å². The number of carboxylic acid groups (broad SMARTS) is 1. The standard InChI is InChI=1S/C27H30N4O3/c1-16(2)14-31-26(32)19-7-11-23(24(13-19)27(33)34)22-10-4-17(3)12-20(22)15-30-21-8-5-18(6-9-21)25(28)29/h4-13,16,30H,14-15H2,1-3H3,(H3,28,29)(H,31,32)(H,33,34). The Morgan fingerprint density at radius 1 is 0.971 bits per heavy atom. The molecule has 0 aliphatic carbocycles. The number of nitrogen functional groups attached to an aromatic ring is 1. The average Bonchev–Trinajstić information content (AvgIpc) is 2.81. The van der Waals surface area contributed by atoms with E-state index in [1.54, 1.807) is 24.3 Å². The summed E-state index contributed by atoms with van der Waals surface area (Å²) in [6, 6.07) is 17.9. The van der Waals surface area contributed by atoms with Crippen LogP contribution in [0.2, 0.25) is 0 Å². The number of nitrogens with two attached hydrogens (primary N) is 1. The van der Waals surface area contributed by atoms with Gasteiger partial charge in [0.15, 0.2) is 0 Å². The molecule has 0 saturated heterocycles. The van der Waals surface area contributed by atoms with Gasteiger partial charge in [0.05, 0.1) is 5.56 Å². The van der Waals surface area contributed by atoms with Crippen LogP contribution in [0.1, 0.15) is 51.3 Å². The van der Waals surface area contributed by atoms with E-state index in [2.05, 4.69) is 10.6 Å². The zero-order valence-corrected chi connectivity index (χ0v) is 19.6. The van der Waals surface area contributed by atoms with Crippen molar-refractivity contribution >= 4 is 23.4 Å². The smallest absolute Gasteiger partial charge is 0.336 e. The Labute approximate surface area is 199 Å². The molecule has 0 aromatic heterocycles. The van der Waals surface area contributed by atoms with Gasteiger partial charge in [0.2, 0.25) is 0 Å². The van der Waals surface area contributed by atoms with Crippen LogP contribution in [0.5, 0.6) is 0 Å². The maximum atomic E-state index is 12.5. The number of hydrogen-bond acceptors (Lipinski definition) is 4. The molecule has 0 atom stereocenters. The number of hydrogen-bond donors (Lipinski definition) is 5. The maximum Gasteiger partial charge on any atom is 0.336 e. The summed E-state index contributed by atoms with van der Waals surface area (Å²) in [5.41, 5.74) is 10.7. The molecule has 0 unspecified atom stereocenters. The van der Waals surface area contributed by atoms with Gasteiger partial charge in [-0.15, -0.1) is 0 Å². The predicted molar refractivity (Wildman–Crippen MR) is 136 cm³/mol. The van der Waals surface area contributed by atoms with Crippen LogP contribution in [0.4, 0.5) is 5.69 Å². The van der Waals surface area contributed by atoms with Gasteiger partial charge >= 0.3 is 5.97 Å². The first kappa shape index (κ1) is 24.5. The summed E-state index contributed by atoms with van der Waals surface area (Å²) in [6.45, 7) is 6.96. The van der Waals surface area contributed by atoms with Crippen molar-refractivity contribution in [3.8, 4) is 11.1 Å². The Bertz CT molecular complexity index is 1220. The van der Waals surface area contributed by atoms with Crippen molar-refractivity contribution in [2.45, 2.75) is 27.3 Å². The molecule has 6 N–H and O–H groups in total. The Kier molecular flexibility index (Phi) is 7.68. The van der Waals surface area contributed by atoms with Crippen molar-refractivity contribution < 1.29 is 14.7 Å². The lowest BCUT2D eigenvalue weighted by molar-refractivity contribution is 0.0697. The van der Waals surface area contributed by atoms with Gasteiger partial charge in [-0.25, -0.2) is 4.79 Å². The maximum absolute atomic E-state index is 12.5. The van der Waals surface area contributed by atoms with Gasteiger partial charge in [-0.1, -0.05) is 43.7 Å². The number of rotatable bonds is 9. The minimum absolute atomic E-state index is 0.00931. The van der Waals surface area contributed by atoms with Crippen molar-refractivity contribution in [1.82, 2.24) is 5.32 Å². The van der Waals surface area contributed by atoms with E-state index in [4.69, 9.17) is 11.1 Å². The predicted octanol–water partition coefficient (Wildman–Crippen LogP) is 4.64. The third-order valence-electron chi connectivity index (χ3n) is 5.41. The lowest BCUT2D eigenvalue weighted by Gasteiger charge is -2.16.